The van der Waals surface area contributed by atoms with E-state index in [1.807, 2.05) is 30.3 Å². The standard InChI is InChI=1S/C23H15ClN2O3S2/c24-13-5-3-4-12(10-13)16-9-8-14(29-16)11-18-21(28)26-22-19(20(27)25-23(26)31-18)15-6-1-2-7-17(15)30-22/h3-5,8-11H,1-2,6-7H2. The third kappa shape index (κ3) is 3.07. The third-order valence-electron chi connectivity index (χ3n) is 5.58. The maximum absolute atomic E-state index is 13.2. The molecule has 0 unspecified atom stereocenters. The SMILES string of the molecule is O=c1nc2sc(=Cc3ccc(-c4cccc(Cl)c4)o3)c(=O)n2c2sc3c(c12)CCCC3. The highest BCUT2D eigenvalue weighted by Gasteiger charge is 2.22. The van der Waals surface area contributed by atoms with Crippen molar-refractivity contribution in [3.8, 4) is 11.3 Å². The molecule has 154 valence electrons. The molecule has 1 aliphatic carbocycles. The molecule has 31 heavy (non-hydrogen) atoms. The van der Waals surface area contributed by atoms with Crippen LogP contribution in [0.15, 0.2) is 50.4 Å². The van der Waals surface area contributed by atoms with E-state index >= 15 is 0 Å². The largest absolute Gasteiger partial charge is 0.457 e. The molecule has 0 aliphatic heterocycles. The fraction of sp³-hybridized carbons (Fsp3) is 0.174. The van der Waals surface area contributed by atoms with Gasteiger partial charge in [0, 0.05) is 21.5 Å². The summed E-state index contributed by atoms with van der Waals surface area (Å²) < 4.78 is 8.00. The molecular weight excluding hydrogens is 452 g/mol. The number of rotatable bonds is 2. The fourth-order valence-corrected chi connectivity index (χ4v) is 6.73. The van der Waals surface area contributed by atoms with Crippen LogP contribution >= 0.6 is 34.3 Å². The fourth-order valence-electron chi connectivity index (χ4n) is 4.16. The van der Waals surface area contributed by atoms with Crippen LogP contribution in [-0.2, 0) is 12.8 Å². The number of nitrogens with zero attached hydrogens (tertiary/aromatic N) is 2. The Labute approximate surface area is 188 Å². The van der Waals surface area contributed by atoms with Gasteiger partial charge in [0.1, 0.15) is 20.9 Å². The Morgan fingerprint density at radius 2 is 1.97 bits per heavy atom. The Hall–Kier alpha value is -2.74. The molecular formula is C23H15ClN2O3S2. The van der Waals surface area contributed by atoms with Gasteiger partial charge >= 0.3 is 0 Å². The monoisotopic (exact) mass is 466 g/mol. The molecule has 0 amide bonds. The number of thiazole rings is 1. The predicted molar refractivity (Wildman–Crippen MR) is 126 cm³/mol. The molecule has 1 aliphatic rings. The van der Waals surface area contributed by atoms with Crippen LogP contribution in [0.3, 0.4) is 0 Å². The Kier molecular flexibility index (Phi) is 4.38. The first-order valence-corrected chi connectivity index (χ1v) is 12.0. The Morgan fingerprint density at radius 3 is 2.84 bits per heavy atom. The lowest BCUT2D eigenvalue weighted by atomic mass is 9.97. The number of aryl methyl sites for hydroxylation is 2. The lowest BCUT2D eigenvalue weighted by Crippen LogP contribution is -2.24. The van der Waals surface area contributed by atoms with Gasteiger partial charge in [0.15, 0.2) is 0 Å². The van der Waals surface area contributed by atoms with E-state index in [1.54, 1.807) is 27.9 Å². The zero-order valence-corrected chi connectivity index (χ0v) is 18.6. The van der Waals surface area contributed by atoms with Crippen LogP contribution in [0.1, 0.15) is 29.0 Å². The highest BCUT2D eigenvalue weighted by Crippen LogP contribution is 2.34. The maximum Gasteiger partial charge on any atom is 0.282 e. The topological polar surface area (TPSA) is 64.6 Å². The molecule has 0 saturated carbocycles. The van der Waals surface area contributed by atoms with Crippen molar-refractivity contribution in [2.75, 3.05) is 0 Å². The molecule has 4 aromatic heterocycles. The van der Waals surface area contributed by atoms with Gasteiger partial charge < -0.3 is 4.42 Å². The first-order valence-electron chi connectivity index (χ1n) is 9.96. The van der Waals surface area contributed by atoms with Crippen molar-refractivity contribution >= 4 is 55.5 Å². The van der Waals surface area contributed by atoms with Crippen LogP contribution in [0.5, 0.6) is 0 Å². The van der Waals surface area contributed by atoms with Gasteiger partial charge in [-0.1, -0.05) is 35.1 Å². The van der Waals surface area contributed by atoms with Crippen molar-refractivity contribution in [3.63, 3.8) is 0 Å². The van der Waals surface area contributed by atoms with E-state index < -0.39 is 0 Å². The van der Waals surface area contributed by atoms with Crippen LogP contribution < -0.4 is 15.7 Å². The molecule has 6 rings (SSSR count). The van der Waals surface area contributed by atoms with E-state index in [2.05, 4.69) is 4.98 Å². The number of benzene rings is 1. The molecule has 0 N–H and O–H groups in total. The normalized spacial score (nSPS) is 14.5. The summed E-state index contributed by atoms with van der Waals surface area (Å²) in [7, 11) is 0. The Balaban J connectivity index is 1.53. The second kappa shape index (κ2) is 7.15. The zero-order chi connectivity index (χ0) is 21.1. The minimum atomic E-state index is -0.233. The van der Waals surface area contributed by atoms with Crippen LogP contribution in [0.2, 0.25) is 5.02 Å². The quantitative estimate of drug-likeness (QED) is 0.379. The molecule has 0 atom stereocenters. The predicted octanol–water partition coefficient (Wildman–Crippen LogP) is 4.67. The van der Waals surface area contributed by atoms with Crippen LogP contribution in [0, 0.1) is 0 Å². The summed E-state index contributed by atoms with van der Waals surface area (Å²) >= 11 is 8.84. The molecule has 5 nitrogen and oxygen atoms in total. The van der Waals surface area contributed by atoms with Crippen molar-refractivity contribution in [1.82, 2.24) is 9.38 Å². The zero-order valence-electron chi connectivity index (χ0n) is 16.2. The number of halogens is 1. The average Bonchev–Trinajstić information content (AvgIpc) is 3.45. The first-order chi connectivity index (χ1) is 15.1. The number of hydrogen-bond acceptors (Lipinski definition) is 6. The van der Waals surface area contributed by atoms with Crippen molar-refractivity contribution in [2.24, 2.45) is 0 Å². The maximum atomic E-state index is 13.2. The number of fused-ring (bicyclic) bond motifs is 5. The van der Waals surface area contributed by atoms with E-state index in [-0.39, 0.29) is 11.1 Å². The van der Waals surface area contributed by atoms with E-state index in [0.717, 1.165) is 41.6 Å². The summed E-state index contributed by atoms with van der Waals surface area (Å²) in [6.45, 7) is 0. The molecule has 0 saturated heterocycles. The number of aromatic nitrogens is 2. The van der Waals surface area contributed by atoms with Gasteiger partial charge in [-0.2, -0.15) is 4.98 Å². The van der Waals surface area contributed by atoms with Crippen LogP contribution in [0.4, 0.5) is 0 Å². The summed E-state index contributed by atoms with van der Waals surface area (Å²) in [6, 6.07) is 11.1. The van der Waals surface area contributed by atoms with Crippen molar-refractivity contribution in [2.45, 2.75) is 25.7 Å². The van der Waals surface area contributed by atoms with E-state index in [4.69, 9.17) is 16.0 Å². The highest BCUT2D eigenvalue weighted by atomic mass is 35.5. The molecule has 1 aromatic carbocycles. The molecule has 0 fully saturated rings. The van der Waals surface area contributed by atoms with Gasteiger partial charge in [-0.3, -0.25) is 9.59 Å². The second-order valence-electron chi connectivity index (χ2n) is 7.55. The number of hydrogen-bond donors (Lipinski definition) is 0. The van der Waals surface area contributed by atoms with Crippen molar-refractivity contribution in [3.05, 3.63) is 82.9 Å². The summed E-state index contributed by atoms with van der Waals surface area (Å²) in [5.41, 5.74) is 1.55. The second-order valence-corrected chi connectivity index (χ2v) is 10.1. The van der Waals surface area contributed by atoms with Crippen molar-refractivity contribution < 1.29 is 4.42 Å². The minimum Gasteiger partial charge on any atom is -0.457 e. The molecule has 5 aromatic rings. The smallest absolute Gasteiger partial charge is 0.282 e. The van der Waals surface area contributed by atoms with E-state index in [0.29, 0.717) is 31.4 Å². The van der Waals surface area contributed by atoms with Gasteiger partial charge in [-0.25, -0.2) is 4.40 Å². The molecule has 0 spiro atoms. The average molecular weight is 467 g/mol. The lowest BCUT2D eigenvalue weighted by molar-refractivity contribution is 0.571. The number of furan rings is 1. The molecule has 0 bridgehead atoms. The summed E-state index contributed by atoms with van der Waals surface area (Å²) in [4.78, 5) is 32.6. The van der Waals surface area contributed by atoms with Gasteiger partial charge in [0.05, 0.1) is 5.39 Å². The Bertz CT molecular complexity index is 1660. The Morgan fingerprint density at radius 1 is 1.10 bits per heavy atom. The molecule has 0 radical (unpaired) electrons. The van der Waals surface area contributed by atoms with Gasteiger partial charge in [0.25, 0.3) is 11.1 Å². The third-order valence-corrected chi connectivity index (χ3v) is 8.06. The summed E-state index contributed by atoms with van der Waals surface area (Å²) in [5.74, 6) is 1.23. The van der Waals surface area contributed by atoms with Gasteiger partial charge in [-0.15, -0.1) is 11.3 Å². The highest BCUT2D eigenvalue weighted by molar-refractivity contribution is 7.19. The number of thiophene rings is 1. The lowest BCUT2D eigenvalue weighted by Gasteiger charge is -2.09. The molecule has 8 heteroatoms. The van der Waals surface area contributed by atoms with Crippen LogP contribution in [0.25, 0.3) is 32.6 Å². The van der Waals surface area contributed by atoms with E-state index in [9.17, 15) is 9.59 Å². The summed E-state index contributed by atoms with van der Waals surface area (Å²) in [5, 5.41) is 1.25. The van der Waals surface area contributed by atoms with Gasteiger partial charge in [0.2, 0.25) is 4.96 Å². The summed E-state index contributed by atoms with van der Waals surface area (Å²) in [6.07, 6.45) is 5.75. The van der Waals surface area contributed by atoms with Gasteiger partial charge in [-0.05, 0) is 55.5 Å². The molecule has 4 heterocycles. The van der Waals surface area contributed by atoms with E-state index in [1.165, 1.54) is 16.2 Å². The van der Waals surface area contributed by atoms with Crippen LogP contribution in [-0.4, -0.2) is 9.38 Å². The van der Waals surface area contributed by atoms with Crippen molar-refractivity contribution in [1.29, 1.82) is 0 Å². The minimum absolute atomic E-state index is 0.170. The first kappa shape index (κ1) is 19.0.